The van der Waals surface area contributed by atoms with Gasteiger partial charge < -0.3 is 15.2 Å². The normalized spacial score (nSPS) is 12.2. The van der Waals surface area contributed by atoms with E-state index >= 15 is 0 Å². The van der Waals surface area contributed by atoms with Crippen LogP contribution in [0.15, 0.2) is 41.9 Å². The van der Waals surface area contributed by atoms with Crippen LogP contribution in [0.5, 0.6) is 0 Å². The number of aliphatic imine (C=N–C) groups is 1. The van der Waals surface area contributed by atoms with E-state index in [1.165, 1.54) is 0 Å². The van der Waals surface area contributed by atoms with Gasteiger partial charge in [0, 0.05) is 18.6 Å². The molecule has 0 saturated heterocycles. The Morgan fingerprint density at radius 3 is 2.72 bits per heavy atom. The highest BCUT2D eigenvalue weighted by Crippen LogP contribution is 2.21. The van der Waals surface area contributed by atoms with Crippen LogP contribution in [0, 0.1) is 6.92 Å². The summed E-state index contributed by atoms with van der Waals surface area (Å²) >= 11 is 6.27. The molecule has 2 aromatic rings. The summed E-state index contributed by atoms with van der Waals surface area (Å²) < 4.78 is 1.92. The molecule has 0 aliphatic carbocycles. The van der Waals surface area contributed by atoms with Crippen LogP contribution in [-0.2, 0) is 13.6 Å². The Balaban J connectivity index is 0.00000312. The number of aromatic nitrogens is 3. The van der Waals surface area contributed by atoms with Crippen molar-refractivity contribution >= 4 is 41.5 Å². The predicted molar refractivity (Wildman–Crippen MR) is 113 cm³/mol. The van der Waals surface area contributed by atoms with E-state index in [2.05, 4.69) is 32.4 Å². The minimum absolute atomic E-state index is 0. The van der Waals surface area contributed by atoms with Crippen molar-refractivity contribution in [2.45, 2.75) is 26.4 Å². The van der Waals surface area contributed by atoms with Gasteiger partial charge in [0.2, 0.25) is 0 Å². The largest absolute Gasteiger partial charge is 0.353 e. The Labute approximate surface area is 170 Å². The van der Waals surface area contributed by atoms with E-state index in [1.807, 2.05) is 49.7 Å². The fourth-order valence-electron chi connectivity index (χ4n) is 2.17. The van der Waals surface area contributed by atoms with E-state index in [0.29, 0.717) is 19.0 Å². The number of nitrogens with zero attached hydrogens (tertiary/aromatic N) is 4. The summed E-state index contributed by atoms with van der Waals surface area (Å²) in [6.45, 7) is 8.72. The smallest absolute Gasteiger partial charge is 0.192 e. The molecule has 0 bridgehead atoms. The lowest BCUT2D eigenvalue weighted by Crippen LogP contribution is -2.39. The van der Waals surface area contributed by atoms with Gasteiger partial charge in [0.15, 0.2) is 11.8 Å². The first-order valence-electron chi connectivity index (χ1n) is 7.78. The van der Waals surface area contributed by atoms with Gasteiger partial charge in [-0.2, -0.15) is 0 Å². The zero-order valence-corrected chi connectivity index (χ0v) is 17.7. The maximum Gasteiger partial charge on any atom is 0.192 e. The van der Waals surface area contributed by atoms with Crippen molar-refractivity contribution in [3.8, 4) is 0 Å². The van der Waals surface area contributed by atoms with E-state index in [0.717, 1.165) is 22.2 Å². The van der Waals surface area contributed by atoms with Crippen LogP contribution < -0.4 is 10.6 Å². The zero-order valence-electron chi connectivity index (χ0n) is 14.7. The molecular weight excluding hydrogens is 451 g/mol. The SMILES string of the molecule is C=CCNC(=NCc1nnc(C)n1C)NC(C)c1ccccc1Cl.I. The average molecular weight is 475 g/mol. The molecule has 0 spiro atoms. The van der Waals surface area contributed by atoms with Crippen LogP contribution in [0.3, 0.4) is 0 Å². The van der Waals surface area contributed by atoms with Crippen molar-refractivity contribution in [3.63, 3.8) is 0 Å². The molecule has 8 heteroatoms. The Morgan fingerprint density at radius 2 is 2.12 bits per heavy atom. The molecule has 0 fully saturated rings. The molecule has 0 saturated carbocycles. The van der Waals surface area contributed by atoms with Gasteiger partial charge in [0.05, 0.1) is 6.04 Å². The topological polar surface area (TPSA) is 67.1 Å². The van der Waals surface area contributed by atoms with E-state index in [-0.39, 0.29) is 30.0 Å². The quantitative estimate of drug-likeness (QED) is 0.292. The number of aryl methyl sites for hydroxylation is 1. The summed E-state index contributed by atoms with van der Waals surface area (Å²) in [5.41, 5.74) is 1.02. The summed E-state index contributed by atoms with van der Waals surface area (Å²) in [7, 11) is 1.93. The van der Waals surface area contributed by atoms with Gasteiger partial charge in [0.1, 0.15) is 12.4 Å². The zero-order chi connectivity index (χ0) is 17.5. The minimum Gasteiger partial charge on any atom is -0.353 e. The van der Waals surface area contributed by atoms with E-state index in [4.69, 9.17) is 11.6 Å². The number of hydrogen-bond donors (Lipinski definition) is 2. The van der Waals surface area contributed by atoms with Crippen LogP contribution in [0.2, 0.25) is 5.02 Å². The monoisotopic (exact) mass is 474 g/mol. The molecule has 2 N–H and O–H groups in total. The first-order chi connectivity index (χ1) is 11.5. The van der Waals surface area contributed by atoms with Gasteiger partial charge >= 0.3 is 0 Å². The molecule has 2 rings (SSSR count). The van der Waals surface area contributed by atoms with Gasteiger partial charge in [-0.25, -0.2) is 4.99 Å². The number of halogens is 2. The first-order valence-corrected chi connectivity index (χ1v) is 8.15. The van der Waals surface area contributed by atoms with Crippen molar-refractivity contribution in [3.05, 3.63) is 59.2 Å². The molecule has 1 unspecified atom stereocenters. The second-order valence-corrected chi connectivity index (χ2v) is 5.85. The molecule has 0 amide bonds. The molecule has 1 aromatic heterocycles. The number of rotatable bonds is 6. The predicted octanol–water partition coefficient (Wildman–Crippen LogP) is 3.38. The summed E-state index contributed by atoms with van der Waals surface area (Å²) in [5, 5.41) is 15.5. The maximum atomic E-state index is 6.27. The molecule has 1 atom stereocenters. The van der Waals surface area contributed by atoms with Gasteiger partial charge in [-0.1, -0.05) is 35.9 Å². The summed E-state index contributed by atoms with van der Waals surface area (Å²) in [6, 6.07) is 7.77. The van der Waals surface area contributed by atoms with Crippen molar-refractivity contribution in [1.82, 2.24) is 25.4 Å². The molecule has 0 radical (unpaired) electrons. The molecule has 1 heterocycles. The standard InChI is InChI=1S/C17H23ClN6.HI/c1-5-10-19-17(20-11-16-23-22-13(3)24(16)4)21-12(2)14-8-6-7-9-15(14)18;/h5-9,12H,1,10-11H2,2-4H3,(H2,19,20,21);1H. The third-order valence-corrected chi connectivity index (χ3v) is 4.04. The van der Waals surface area contributed by atoms with Gasteiger partial charge in [-0.05, 0) is 25.5 Å². The molecule has 0 aliphatic heterocycles. The number of hydrogen-bond acceptors (Lipinski definition) is 3. The molecule has 6 nitrogen and oxygen atoms in total. The van der Waals surface area contributed by atoms with Gasteiger partial charge in [-0.3, -0.25) is 0 Å². The van der Waals surface area contributed by atoms with E-state index in [1.54, 1.807) is 6.08 Å². The van der Waals surface area contributed by atoms with Crippen LogP contribution >= 0.6 is 35.6 Å². The summed E-state index contributed by atoms with van der Waals surface area (Å²) in [6.07, 6.45) is 1.78. The fourth-order valence-corrected chi connectivity index (χ4v) is 2.47. The van der Waals surface area contributed by atoms with Crippen LogP contribution in [0.1, 0.15) is 30.2 Å². The van der Waals surface area contributed by atoms with Gasteiger partial charge in [-0.15, -0.1) is 40.8 Å². The van der Waals surface area contributed by atoms with Crippen LogP contribution in [0.25, 0.3) is 0 Å². The Morgan fingerprint density at radius 1 is 1.40 bits per heavy atom. The molecular formula is C17H24ClIN6. The number of nitrogens with one attached hydrogen (secondary N) is 2. The number of guanidine groups is 1. The molecule has 25 heavy (non-hydrogen) atoms. The third-order valence-electron chi connectivity index (χ3n) is 3.70. The molecule has 0 aliphatic rings. The van der Waals surface area contributed by atoms with Gasteiger partial charge in [0.25, 0.3) is 0 Å². The second kappa shape index (κ2) is 10.4. The Hall–Kier alpha value is -1.61. The second-order valence-electron chi connectivity index (χ2n) is 5.44. The van der Waals surface area contributed by atoms with Crippen molar-refractivity contribution in [1.29, 1.82) is 0 Å². The number of benzene rings is 1. The minimum atomic E-state index is 0. The van der Waals surface area contributed by atoms with Crippen molar-refractivity contribution in [2.75, 3.05) is 6.54 Å². The lowest BCUT2D eigenvalue weighted by Gasteiger charge is -2.19. The molecule has 1 aromatic carbocycles. The lowest BCUT2D eigenvalue weighted by atomic mass is 10.1. The van der Waals surface area contributed by atoms with Crippen molar-refractivity contribution < 1.29 is 0 Å². The molecule has 136 valence electrons. The highest BCUT2D eigenvalue weighted by atomic mass is 127. The fraction of sp³-hybridized carbons (Fsp3) is 0.353. The Bertz CT molecular complexity index is 728. The van der Waals surface area contributed by atoms with Crippen LogP contribution in [-0.4, -0.2) is 27.3 Å². The summed E-state index contributed by atoms with van der Waals surface area (Å²) in [4.78, 5) is 4.58. The summed E-state index contributed by atoms with van der Waals surface area (Å²) in [5.74, 6) is 2.33. The third kappa shape index (κ3) is 6.00. The average Bonchev–Trinajstić information content (AvgIpc) is 2.89. The van der Waals surface area contributed by atoms with E-state index < -0.39 is 0 Å². The van der Waals surface area contributed by atoms with E-state index in [9.17, 15) is 0 Å². The maximum absolute atomic E-state index is 6.27. The highest BCUT2D eigenvalue weighted by molar-refractivity contribution is 14.0. The Kier molecular flexibility index (Phi) is 8.91. The lowest BCUT2D eigenvalue weighted by molar-refractivity contribution is 0.685. The highest BCUT2D eigenvalue weighted by Gasteiger charge is 2.11. The first kappa shape index (κ1) is 21.4. The van der Waals surface area contributed by atoms with Crippen molar-refractivity contribution in [2.24, 2.45) is 12.0 Å². The van der Waals surface area contributed by atoms with Crippen LogP contribution in [0.4, 0.5) is 0 Å².